The number of carboxylic acid groups (broad SMARTS) is 1. The first-order valence-corrected chi connectivity index (χ1v) is 12.6. The monoisotopic (exact) mass is 585 g/mol. The summed E-state index contributed by atoms with van der Waals surface area (Å²) in [5, 5.41) is 13.4. The molecule has 3 aliphatic rings. The van der Waals surface area contributed by atoms with Crippen molar-refractivity contribution in [2.24, 2.45) is 0 Å². The molecule has 3 aromatic heterocycles. The molecule has 5 heterocycles. The summed E-state index contributed by atoms with van der Waals surface area (Å²) in [6.07, 6.45) is -2.05. The molecule has 0 bridgehead atoms. The van der Waals surface area contributed by atoms with E-state index in [1.807, 2.05) is 6.07 Å². The molecule has 2 fully saturated rings. The van der Waals surface area contributed by atoms with Crippen molar-refractivity contribution in [1.29, 1.82) is 0 Å². The van der Waals surface area contributed by atoms with Crippen molar-refractivity contribution in [3.8, 4) is 0 Å². The van der Waals surface area contributed by atoms with Crippen molar-refractivity contribution in [2.45, 2.75) is 44.1 Å². The molecule has 6 rings (SSSR count). The smallest absolute Gasteiger partial charge is 0.475 e. The maximum absolute atomic E-state index is 13.6. The van der Waals surface area contributed by atoms with Crippen molar-refractivity contribution in [2.75, 3.05) is 41.3 Å². The van der Waals surface area contributed by atoms with Crippen LogP contribution in [-0.2, 0) is 17.4 Å². The number of carboxylic acids is 1. The fourth-order valence-corrected chi connectivity index (χ4v) is 5.10. The third-order valence-electron chi connectivity index (χ3n) is 7.13. The van der Waals surface area contributed by atoms with Crippen molar-refractivity contribution >= 4 is 34.8 Å². The highest BCUT2D eigenvalue weighted by Gasteiger charge is 2.46. The minimum absolute atomic E-state index is 0.0459. The predicted molar refractivity (Wildman–Crippen MR) is 135 cm³/mol. The van der Waals surface area contributed by atoms with Crippen LogP contribution in [0.5, 0.6) is 0 Å². The first-order valence-electron chi connectivity index (χ1n) is 12.6. The number of carbonyl (C=O) groups excluding carboxylic acids is 1. The van der Waals surface area contributed by atoms with Crippen LogP contribution in [0, 0.1) is 6.92 Å². The summed E-state index contributed by atoms with van der Waals surface area (Å²) in [6.45, 7) is 4.77. The lowest BCUT2D eigenvalue weighted by molar-refractivity contribution is -0.192. The quantitative estimate of drug-likeness (QED) is 0.386. The Balaban J connectivity index is 0.000000431. The van der Waals surface area contributed by atoms with E-state index in [9.17, 15) is 31.1 Å². The molecule has 0 atom stereocenters. The second-order valence-corrected chi connectivity index (χ2v) is 10.1. The Kier molecular flexibility index (Phi) is 6.99. The molecule has 2 amide bonds. The first kappa shape index (κ1) is 28.4. The Labute approximate surface area is 229 Å². The summed E-state index contributed by atoms with van der Waals surface area (Å²) in [7, 11) is 0. The summed E-state index contributed by atoms with van der Waals surface area (Å²) >= 11 is 0. The fraction of sp³-hybridized carbons (Fsp3) is 0.440. The van der Waals surface area contributed by atoms with E-state index >= 15 is 0 Å². The number of aliphatic carboxylic acids is 1. The number of aromatic nitrogens is 3. The van der Waals surface area contributed by atoms with E-state index < -0.39 is 29.9 Å². The van der Waals surface area contributed by atoms with Crippen LogP contribution in [0.2, 0.25) is 0 Å². The van der Waals surface area contributed by atoms with Crippen LogP contribution in [0.15, 0.2) is 30.7 Å². The van der Waals surface area contributed by atoms with Crippen LogP contribution in [0.4, 0.5) is 48.3 Å². The number of alkyl halides is 6. The van der Waals surface area contributed by atoms with Gasteiger partial charge in [-0.05, 0) is 38.3 Å². The lowest BCUT2D eigenvalue weighted by Crippen LogP contribution is -2.52. The average Bonchev–Trinajstić information content (AvgIpc) is 3.30. The topological polar surface area (TPSA) is 115 Å². The van der Waals surface area contributed by atoms with E-state index in [0.29, 0.717) is 24.5 Å². The first-order chi connectivity index (χ1) is 19.2. The van der Waals surface area contributed by atoms with Gasteiger partial charge in [0, 0.05) is 61.6 Å². The number of rotatable bonds is 2. The number of imidazole rings is 1. The van der Waals surface area contributed by atoms with Gasteiger partial charge in [0.15, 0.2) is 0 Å². The van der Waals surface area contributed by atoms with Gasteiger partial charge in [-0.25, -0.2) is 19.6 Å². The van der Waals surface area contributed by atoms with Gasteiger partial charge in [0.25, 0.3) is 0 Å². The number of anilines is 3. The molecule has 1 saturated carbocycles. The number of nitrogens with zero attached hydrogens (tertiary/aromatic N) is 5. The molecular weight excluding hydrogens is 560 g/mol. The predicted octanol–water partition coefficient (Wildman–Crippen LogP) is 4.23. The number of amides is 2. The number of nitrogens with one attached hydrogen (secondary N) is 2. The molecule has 1 spiro atoms. The van der Waals surface area contributed by atoms with Gasteiger partial charge in [-0.3, -0.25) is 4.90 Å². The number of aryl methyl sites for hydroxylation is 1. The minimum Gasteiger partial charge on any atom is -0.475 e. The van der Waals surface area contributed by atoms with Crippen LogP contribution in [0.1, 0.15) is 29.7 Å². The van der Waals surface area contributed by atoms with E-state index in [2.05, 4.69) is 25.5 Å². The number of urea groups is 1. The number of fused-ring (bicyclic) bond motifs is 2. The molecule has 3 aromatic rings. The molecule has 0 unspecified atom stereocenters. The van der Waals surface area contributed by atoms with E-state index in [1.54, 1.807) is 13.1 Å². The Bertz CT molecular complexity index is 1500. The molecule has 10 nitrogen and oxygen atoms in total. The Morgan fingerprint density at radius 3 is 2.46 bits per heavy atom. The zero-order chi connectivity index (χ0) is 29.7. The van der Waals surface area contributed by atoms with Crippen LogP contribution in [-0.4, -0.2) is 69.4 Å². The Hall–Kier alpha value is -4.08. The van der Waals surface area contributed by atoms with Crippen LogP contribution in [0.3, 0.4) is 0 Å². The van der Waals surface area contributed by atoms with Crippen molar-refractivity contribution < 1.29 is 41.0 Å². The highest BCUT2D eigenvalue weighted by Crippen LogP contribution is 2.41. The van der Waals surface area contributed by atoms with E-state index in [-0.39, 0.29) is 16.9 Å². The van der Waals surface area contributed by atoms with Gasteiger partial charge in [0.1, 0.15) is 17.0 Å². The summed E-state index contributed by atoms with van der Waals surface area (Å²) in [6, 6.07) is 2.41. The number of hydrogen-bond donors (Lipinski definition) is 3. The molecule has 16 heteroatoms. The largest absolute Gasteiger partial charge is 0.490 e. The Morgan fingerprint density at radius 1 is 1.12 bits per heavy atom. The van der Waals surface area contributed by atoms with Gasteiger partial charge in [0.05, 0.1) is 11.4 Å². The third-order valence-corrected chi connectivity index (χ3v) is 7.13. The van der Waals surface area contributed by atoms with E-state index in [0.717, 1.165) is 37.0 Å². The zero-order valence-corrected chi connectivity index (χ0v) is 21.6. The van der Waals surface area contributed by atoms with Crippen LogP contribution < -0.4 is 20.4 Å². The summed E-state index contributed by atoms with van der Waals surface area (Å²) < 4.78 is 73.9. The molecule has 3 N–H and O–H groups in total. The molecule has 2 aliphatic heterocycles. The van der Waals surface area contributed by atoms with E-state index in [4.69, 9.17) is 9.90 Å². The SMILES string of the molecule is Cc1cn2cc(NC(=O)N3CCc4c(N5CCNC6(CC6)C5)ccnc43)cc(C(F)(F)F)c2n1.O=C(O)C(F)(F)F. The Morgan fingerprint density at radius 2 is 1.83 bits per heavy atom. The summed E-state index contributed by atoms with van der Waals surface area (Å²) in [5.41, 5.74) is 1.72. The average molecular weight is 586 g/mol. The molecule has 220 valence electrons. The lowest BCUT2D eigenvalue weighted by Gasteiger charge is -2.36. The maximum Gasteiger partial charge on any atom is 0.490 e. The fourth-order valence-electron chi connectivity index (χ4n) is 5.10. The van der Waals surface area contributed by atoms with Crippen LogP contribution in [0.25, 0.3) is 5.65 Å². The van der Waals surface area contributed by atoms with Gasteiger partial charge >= 0.3 is 24.4 Å². The highest BCUT2D eigenvalue weighted by molar-refractivity contribution is 6.03. The van der Waals surface area contributed by atoms with Gasteiger partial charge in [-0.2, -0.15) is 26.3 Å². The number of pyridine rings is 2. The highest BCUT2D eigenvalue weighted by atomic mass is 19.4. The standard InChI is InChI=1S/C23H24F3N7O.C2HF3O2/c1-14-11-32-12-15(10-17(20(32)29-14)23(24,25)26)30-21(34)33-8-3-16-18(2-6-27-19(16)33)31-9-7-28-22(13-31)4-5-22;3-2(4,5)1(6)7/h2,6,10-12,28H,3-5,7-9,13H2,1H3,(H,30,34);(H,6,7). The number of halogens is 6. The normalized spacial score (nSPS) is 17.7. The summed E-state index contributed by atoms with van der Waals surface area (Å²) in [4.78, 5) is 34.3. The zero-order valence-electron chi connectivity index (χ0n) is 21.6. The van der Waals surface area contributed by atoms with Crippen molar-refractivity contribution in [3.63, 3.8) is 0 Å². The molecule has 41 heavy (non-hydrogen) atoms. The third kappa shape index (κ3) is 5.87. The number of piperazine rings is 1. The van der Waals surface area contributed by atoms with Crippen molar-refractivity contribution in [3.05, 3.63) is 47.5 Å². The van der Waals surface area contributed by atoms with E-state index in [1.165, 1.54) is 34.5 Å². The van der Waals surface area contributed by atoms with Gasteiger partial charge in [-0.15, -0.1) is 0 Å². The van der Waals surface area contributed by atoms with Gasteiger partial charge < -0.3 is 25.0 Å². The molecule has 1 saturated heterocycles. The van der Waals surface area contributed by atoms with Gasteiger partial charge in [-0.1, -0.05) is 0 Å². The molecular formula is C25H25F6N7O3. The molecule has 0 aromatic carbocycles. The minimum atomic E-state index is -5.08. The second kappa shape index (κ2) is 10.1. The molecule has 1 aliphatic carbocycles. The number of hydrogen-bond acceptors (Lipinski definition) is 6. The second-order valence-electron chi connectivity index (χ2n) is 10.1. The van der Waals surface area contributed by atoms with Crippen molar-refractivity contribution in [1.82, 2.24) is 19.7 Å². The molecule has 0 radical (unpaired) electrons. The van der Waals surface area contributed by atoms with Crippen LogP contribution >= 0.6 is 0 Å². The van der Waals surface area contributed by atoms with Gasteiger partial charge in [0.2, 0.25) is 0 Å². The summed E-state index contributed by atoms with van der Waals surface area (Å²) in [5.74, 6) is -2.19. The lowest BCUT2D eigenvalue weighted by atomic mass is 10.1. The maximum atomic E-state index is 13.6. The number of carbonyl (C=O) groups is 2.